The maximum Gasteiger partial charge on any atom is 0.325 e. The van der Waals surface area contributed by atoms with Gasteiger partial charge in [-0.3, -0.25) is 9.59 Å². The summed E-state index contributed by atoms with van der Waals surface area (Å²) in [7, 11) is 0. The van der Waals surface area contributed by atoms with Crippen molar-refractivity contribution < 1.29 is 14.3 Å². The summed E-state index contributed by atoms with van der Waals surface area (Å²) in [6.07, 6.45) is 8.17. The zero-order valence-electron chi connectivity index (χ0n) is 10.2. The molecule has 0 spiro atoms. The number of hydrogen-bond acceptors (Lipinski definition) is 3. The summed E-state index contributed by atoms with van der Waals surface area (Å²) in [5, 5.41) is 0. The Bertz CT molecular complexity index is 338. The van der Waals surface area contributed by atoms with Crippen LogP contribution in [0.2, 0.25) is 0 Å². The van der Waals surface area contributed by atoms with Crippen LogP contribution in [0.4, 0.5) is 0 Å². The molecule has 2 aliphatic rings. The lowest BCUT2D eigenvalue weighted by Crippen LogP contribution is -2.62. The average Bonchev–Trinajstić information content (AvgIpc) is 2.27. The second-order valence-corrected chi connectivity index (χ2v) is 4.57. The molecule has 0 aromatic rings. The van der Waals surface area contributed by atoms with Crippen LogP contribution < -0.4 is 0 Å². The number of β-lactam (4-membered cyclic amide) rings is 1. The Hall–Kier alpha value is -1.32. The Balaban J connectivity index is 1.93. The summed E-state index contributed by atoms with van der Waals surface area (Å²) in [6, 6.07) is 0.247. The molecule has 17 heavy (non-hydrogen) atoms. The number of esters is 1. The number of rotatable bonds is 3. The Morgan fingerprint density at radius 1 is 1.41 bits per heavy atom. The normalized spacial score (nSPS) is 29.7. The average molecular weight is 237 g/mol. The molecule has 0 radical (unpaired) electrons. The highest BCUT2D eigenvalue weighted by molar-refractivity contribution is 5.89. The van der Waals surface area contributed by atoms with Crippen LogP contribution in [-0.4, -0.2) is 36.0 Å². The minimum absolute atomic E-state index is 0.123. The van der Waals surface area contributed by atoms with Crippen LogP contribution in [0.25, 0.3) is 0 Å². The summed E-state index contributed by atoms with van der Waals surface area (Å²) in [5.41, 5.74) is 0. The molecule has 4 nitrogen and oxygen atoms in total. The highest BCUT2D eigenvalue weighted by atomic mass is 16.5. The van der Waals surface area contributed by atoms with E-state index in [4.69, 9.17) is 4.74 Å². The standard InChI is InChI=1S/C13H19NO3/c1-2-17-12(15)9-14-11-8-6-4-3-5-7-10(11)13(14)16/h3-4,10-11H,2,5-9H2,1H3/b4-3-. The molecular weight excluding hydrogens is 218 g/mol. The maximum absolute atomic E-state index is 11.9. The predicted octanol–water partition coefficient (Wildman–Crippen LogP) is 1.51. The smallest absolute Gasteiger partial charge is 0.325 e. The van der Waals surface area contributed by atoms with E-state index in [-0.39, 0.29) is 30.4 Å². The molecule has 4 heteroatoms. The number of allylic oxidation sites excluding steroid dienone is 2. The van der Waals surface area contributed by atoms with Crippen LogP contribution in [-0.2, 0) is 14.3 Å². The van der Waals surface area contributed by atoms with Crippen molar-refractivity contribution in [2.75, 3.05) is 13.2 Å². The number of fused-ring (bicyclic) bond motifs is 1. The van der Waals surface area contributed by atoms with Crippen LogP contribution in [0.3, 0.4) is 0 Å². The van der Waals surface area contributed by atoms with Crippen molar-refractivity contribution in [2.45, 2.75) is 38.6 Å². The minimum atomic E-state index is -0.295. The zero-order chi connectivity index (χ0) is 12.3. The van der Waals surface area contributed by atoms with Gasteiger partial charge in [-0.1, -0.05) is 12.2 Å². The summed E-state index contributed by atoms with van der Waals surface area (Å²) in [4.78, 5) is 25.0. The lowest BCUT2D eigenvalue weighted by atomic mass is 9.80. The van der Waals surface area contributed by atoms with E-state index >= 15 is 0 Å². The molecule has 0 saturated carbocycles. The molecule has 2 rings (SSSR count). The van der Waals surface area contributed by atoms with Crippen molar-refractivity contribution in [1.29, 1.82) is 0 Å². The van der Waals surface area contributed by atoms with E-state index in [9.17, 15) is 9.59 Å². The summed E-state index contributed by atoms with van der Waals surface area (Å²) in [5.74, 6) is -0.0374. The van der Waals surface area contributed by atoms with Crippen molar-refractivity contribution in [2.24, 2.45) is 5.92 Å². The second-order valence-electron chi connectivity index (χ2n) is 4.57. The van der Waals surface area contributed by atoms with E-state index in [0.717, 1.165) is 25.7 Å². The van der Waals surface area contributed by atoms with Gasteiger partial charge >= 0.3 is 5.97 Å². The molecule has 2 unspecified atom stereocenters. The molecule has 94 valence electrons. The summed E-state index contributed by atoms with van der Waals surface area (Å²) >= 11 is 0. The molecule has 2 atom stereocenters. The van der Waals surface area contributed by atoms with Gasteiger partial charge in [0.05, 0.1) is 12.5 Å². The Labute approximate surface area is 102 Å². The van der Waals surface area contributed by atoms with Gasteiger partial charge in [0, 0.05) is 6.04 Å². The van der Waals surface area contributed by atoms with Crippen molar-refractivity contribution in [1.82, 2.24) is 4.90 Å². The van der Waals surface area contributed by atoms with Gasteiger partial charge in [-0.15, -0.1) is 0 Å². The van der Waals surface area contributed by atoms with Gasteiger partial charge in [-0.2, -0.15) is 0 Å². The first-order chi connectivity index (χ1) is 8.24. The van der Waals surface area contributed by atoms with Crippen molar-refractivity contribution in [3.8, 4) is 0 Å². The predicted molar refractivity (Wildman–Crippen MR) is 63.2 cm³/mol. The van der Waals surface area contributed by atoms with Gasteiger partial charge in [0.15, 0.2) is 0 Å². The number of likely N-dealkylation sites (tertiary alicyclic amines) is 1. The number of nitrogens with zero attached hydrogens (tertiary/aromatic N) is 1. The molecule has 0 N–H and O–H groups in total. The third-order valence-electron chi connectivity index (χ3n) is 3.51. The van der Waals surface area contributed by atoms with Gasteiger partial charge in [-0.05, 0) is 32.6 Å². The number of ether oxygens (including phenoxy) is 1. The monoisotopic (exact) mass is 237 g/mol. The fourth-order valence-electron chi connectivity index (χ4n) is 2.67. The zero-order valence-corrected chi connectivity index (χ0v) is 10.2. The lowest BCUT2D eigenvalue weighted by Gasteiger charge is -2.47. The molecule has 1 aliphatic heterocycles. The molecule has 0 aromatic heterocycles. The third-order valence-corrected chi connectivity index (χ3v) is 3.51. The molecule has 1 fully saturated rings. The van der Waals surface area contributed by atoms with Crippen LogP contribution in [0.5, 0.6) is 0 Å². The van der Waals surface area contributed by atoms with E-state index in [1.807, 2.05) is 0 Å². The van der Waals surface area contributed by atoms with Crippen LogP contribution in [0, 0.1) is 5.92 Å². The first-order valence-corrected chi connectivity index (χ1v) is 6.35. The van der Waals surface area contributed by atoms with Gasteiger partial charge < -0.3 is 9.64 Å². The molecule has 1 aliphatic carbocycles. The number of carbonyl (C=O) groups is 2. The fraction of sp³-hybridized carbons (Fsp3) is 0.692. The van der Waals surface area contributed by atoms with Crippen molar-refractivity contribution in [3.05, 3.63) is 12.2 Å². The first kappa shape index (κ1) is 12.1. The van der Waals surface area contributed by atoms with E-state index in [1.165, 1.54) is 0 Å². The molecule has 0 bridgehead atoms. The highest BCUT2D eigenvalue weighted by Gasteiger charge is 2.46. The third kappa shape index (κ3) is 2.51. The fourth-order valence-corrected chi connectivity index (χ4v) is 2.67. The van der Waals surface area contributed by atoms with Gasteiger partial charge in [0.1, 0.15) is 6.54 Å². The quantitative estimate of drug-likeness (QED) is 0.424. The number of hydrogen-bond donors (Lipinski definition) is 0. The summed E-state index contributed by atoms with van der Waals surface area (Å²) in [6.45, 7) is 2.27. The van der Waals surface area contributed by atoms with Crippen LogP contribution in [0.15, 0.2) is 12.2 Å². The summed E-state index contributed by atoms with van der Waals surface area (Å²) < 4.78 is 4.89. The topological polar surface area (TPSA) is 46.6 Å². The largest absolute Gasteiger partial charge is 0.465 e. The van der Waals surface area contributed by atoms with E-state index < -0.39 is 0 Å². The maximum atomic E-state index is 11.9. The first-order valence-electron chi connectivity index (χ1n) is 6.35. The minimum Gasteiger partial charge on any atom is -0.465 e. The van der Waals surface area contributed by atoms with E-state index in [1.54, 1.807) is 11.8 Å². The highest BCUT2D eigenvalue weighted by Crippen LogP contribution is 2.34. The second kappa shape index (κ2) is 5.34. The Morgan fingerprint density at radius 3 is 2.82 bits per heavy atom. The molecule has 1 saturated heterocycles. The van der Waals surface area contributed by atoms with Gasteiger partial charge in [0.25, 0.3) is 0 Å². The van der Waals surface area contributed by atoms with Crippen molar-refractivity contribution in [3.63, 3.8) is 0 Å². The SMILES string of the molecule is CCOC(=O)CN1C(=O)C2CC/C=C\CCC21. The van der Waals surface area contributed by atoms with Crippen molar-refractivity contribution >= 4 is 11.9 Å². The van der Waals surface area contributed by atoms with E-state index in [0.29, 0.717) is 6.61 Å². The Morgan fingerprint density at radius 2 is 2.12 bits per heavy atom. The molecular formula is C13H19NO3. The van der Waals surface area contributed by atoms with Crippen LogP contribution in [0.1, 0.15) is 32.6 Å². The van der Waals surface area contributed by atoms with Gasteiger partial charge in [0.2, 0.25) is 5.91 Å². The Kier molecular flexibility index (Phi) is 3.82. The molecule has 1 heterocycles. The van der Waals surface area contributed by atoms with E-state index in [2.05, 4.69) is 12.2 Å². The van der Waals surface area contributed by atoms with Crippen LogP contribution >= 0.6 is 0 Å². The lowest BCUT2D eigenvalue weighted by molar-refractivity contribution is -0.165. The number of amides is 1. The van der Waals surface area contributed by atoms with Gasteiger partial charge in [-0.25, -0.2) is 0 Å². The molecule has 1 amide bonds. The number of carbonyl (C=O) groups excluding carboxylic acids is 2. The molecule has 0 aromatic carbocycles.